The highest BCUT2D eigenvalue weighted by Crippen LogP contribution is 2.46. The van der Waals surface area contributed by atoms with Crippen LogP contribution in [0.4, 0.5) is 21.5 Å². The molecule has 3 aliphatic rings. The molecule has 0 unspecified atom stereocenters. The summed E-state index contributed by atoms with van der Waals surface area (Å²) in [7, 11) is -2.98. The van der Waals surface area contributed by atoms with Crippen molar-refractivity contribution in [2.45, 2.75) is 95.7 Å². The van der Waals surface area contributed by atoms with Gasteiger partial charge in [-0.25, -0.2) is 22.5 Å². The summed E-state index contributed by atoms with van der Waals surface area (Å²) < 4.78 is 57.3. The van der Waals surface area contributed by atoms with Crippen LogP contribution in [0, 0.1) is 27.3 Å². The van der Waals surface area contributed by atoms with Gasteiger partial charge >= 0.3 is 0 Å². The van der Waals surface area contributed by atoms with Gasteiger partial charge in [-0.05, 0) is 148 Å². The Morgan fingerprint density at radius 1 is 1.01 bits per heavy atom. The second-order valence-electron chi connectivity index (χ2n) is 21.4. The molecule has 2 aliphatic carbocycles. The summed E-state index contributed by atoms with van der Waals surface area (Å²) in [5.41, 5.74) is 4.83. The number of nitro groups is 1. The van der Waals surface area contributed by atoms with Crippen molar-refractivity contribution >= 4 is 60.9 Å². The van der Waals surface area contributed by atoms with Gasteiger partial charge in [0.1, 0.15) is 28.7 Å². The number of hydrogen-bond acceptors (Lipinski definition) is 13. The fourth-order valence-electron chi connectivity index (χ4n) is 10.1. The van der Waals surface area contributed by atoms with Gasteiger partial charge in [0, 0.05) is 86.2 Å². The molecule has 386 valence electrons. The molecule has 3 aromatic carbocycles. The average Bonchev–Trinajstić information content (AvgIpc) is 4.05. The molecule has 1 amide bonds. The van der Waals surface area contributed by atoms with E-state index in [1.165, 1.54) is 40.4 Å². The SMILES string of the molecule is COC(C)(C)c1ccc(-c2csc(C3=C(CN4CCN(c5ccc(C(=O)NS(=O)(=O)c6ccc(NCC7CCC(C)(O)CC7)c([N+](=O)[O-])c6)c(Oc6cnc7[nH]ccc7c6)c5)CC4)CCC(C)(C)C3)c2)c(F)c1. The number of ether oxygens (including phenoxy) is 2. The van der Waals surface area contributed by atoms with E-state index in [-0.39, 0.29) is 34.2 Å². The van der Waals surface area contributed by atoms with Gasteiger partial charge in [-0.15, -0.1) is 11.3 Å². The van der Waals surface area contributed by atoms with Gasteiger partial charge in [0.2, 0.25) is 0 Å². The lowest BCUT2D eigenvalue weighted by atomic mass is 9.73. The number of nitrogens with zero attached hydrogens (tertiary/aromatic N) is 4. The molecule has 0 bridgehead atoms. The lowest BCUT2D eigenvalue weighted by Crippen LogP contribution is -2.47. The average molecular weight is 1030 g/mol. The summed E-state index contributed by atoms with van der Waals surface area (Å²) in [5, 5.41) is 28.5. The maximum atomic E-state index is 15.6. The van der Waals surface area contributed by atoms with E-state index in [2.05, 4.69) is 55.1 Å². The van der Waals surface area contributed by atoms with E-state index in [1.54, 1.807) is 55.8 Å². The van der Waals surface area contributed by atoms with Gasteiger partial charge < -0.3 is 29.8 Å². The number of nitro benzene ring substituents is 1. The van der Waals surface area contributed by atoms with E-state index in [1.807, 2.05) is 32.0 Å². The number of thiophene rings is 1. The van der Waals surface area contributed by atoms with E-state index >= 15 is 4.39 Å². The molecule has 3 aromatic heterocycles. The van der Waals surface area contributed by atoms with E-state index in [0.717, 1.165) is 80.0 Å². The van der Waals surface area contributed by atoms with Gasteiger partial charge in [0.15, 0.2) is 0 Å². The Bertz CT molecular complexity index is 3180. The number of aromatic amines is 1. The number of anilines is 2. The molecule has 4 N–H and O–H groups in total. The van der Waals surface area contributed by atoms with Gasteiger partial charge in [0.25, 0.3) is 21.6 Å². The number of rotatable bonds is 16. The quantitative estimate of drug-likeness (QED) is 0.0530. The summed E-state index contributed by atoms with van der Waals surface area (Å²) in [6, 6.07) is 19.6. The number of methoxy groups -OCH3 is 1. The van der Waals surface area contributed by atoms with Crippen LogP contribution in [0.5, 0.6) is 11.5 Å². The zero-order valence-electron chi connectivity index (χ0n) is 42.2. The number of hydrogen-bond donors (Lipinski definition) is 4. The Labute approximate surface area is 430 Å². The molecule has 4 heterocycles. The molecule has 15 nitrogen and oxygen atoms in total. The highest BCUT2D eigenvalue weighted by atomic mass is 32.2. The number of allylic oxidation sites excluding steroid dienone is 1. The molecule has 6 aromatic rings. The third-order valence-electron chi connectivity index (χ3n) is 15.0. The molecule has 73 heavy (non-hydrogen) atoms. The number of fused-ring (bicyclic) bond motifs is 1. The monoisotopic (exact) mass is 1030 g/mol. The first kappa shape index (κ1) is 51.7. The van der Waals surface area contributed by atoms with Crippen LogP contribution in [-0.4, -0.2) is 91.2 Å². The molecule has 9 rings (SSSR count). The zero-order chi connectivity index (χ0) is 51.9. The van der Waals surface area contributed by atoms with Crippen molar-refractivity contribution < 1.29 is 37.1 Å². The molecule has 1 aliphatic heterocycles. The first-order valence-electron chi connectivity index (χ1n) is 24.9. The minimum Gasteiger partial charge on any atom is -0.455 e. The number of pyridine rings is 1. The van der Waals surface area contributed by atoms with Crippen LogP contribution in [-0.2, 0) is 20.4 Å². The number of piperazine rings is 1. The Morgan fingerprint density at radius 2 is 1.78 bits per heavy atom. The van der Waals surface area contributed by atoms with Gasteiger partial charge in [0.05, 0.1) is 32.8 Å². The third-order valence-corrected chi connectivity index (χ3v) is 17.3. The zero-order valence-corrected chi connectivity index (χ0v) is 43.9. The molecule has 18 heteroatoms. The maximum absolute atomic E-state index is 15.6. The molecule has 2 fully saturated rings. The first-order chi connectivity index (χ1) is 34.7. The molecule has 0 atom stereocenters. The number of aliphatic hydroxyl groups is 1. The van der Waals surface area contributed by atoms with Gasteiger partial charge in [-0.1, -0.05) is 31.6 Å². The Morgan fingerprint density at radius 3 is 2.51 bits per heavy atom. The standard InChI is InChI=1S/C55H64FN7O8S2/c1-53(2)17-15-37(45(30-53)50-26-38(34-72-50)43-10-7-39(27-46(43)56)54(3,4)70-6)33-61-21-23-62(24-22-61)40-8-11-44(49(28-40)71-41-25-36-16-20-57-51(36)59-32-41)52(64)60-73(68,69)42-9-12-47(48(29-42)63(66)67)58-31-35-13-18-55(5,65)19-14-35/h7-12,16,20,25-29,32,34-35,58,65H,13-15,17-19,21-24,30-31,33H2,1-6H3,(H,57,59)(H,60,64). The largest absolute Gasteiger partial charge is 0.455 e. The second-order valence-corrected chi connectivity index (χ2v) is 23.9. The Kier molecular flexibility index (Phi) is 14.6. The number of H-pyrrole nitrogens is 1. The number of carbonyl (C=O) groups is 1. The first-order valence-corrected chi connectivity index (χ1v) is 27.2. The lowest BCUT2D eigenvalue weighted by molar-refractivity contribution is -0.384. The number of sulfonamides is 1. The Balaban J connectivity index is 0.911. The second kappa shape index (κ2) is 20.6. The van der Waals surface area contributed by atoms with Crippen LogP contribution in [0.1, 0.15) is 100 Å². The van der Waals surface area contributed by atoms with Crippen molar-refractivity contribution in [1.82, 2.24) is 19.6 Å². The van der Waals surface area contributed by atoms with Crippen LogP contribution < -0.4 is 19.7 Å². The number of aromatic nitrogens is 2. The van der Waals surface area contributed by atoms with Crippen LogP contribution in [0.3, 0.4) is 0 Å². The number of nitrogens with one attached hydrogen (secondary N) is 3. The predicted octanol–water partition coefficient (Wildman–Crippen LogP) is 11.3. The van der Waals surface area contributed by atoms with E-state index in [0.29, 0.717) is 49.4 Å². The summed E-state index contributed by atoms with van der Waals surface area (Å²) >= 11 is 1.67. The van der Waals surface area contributed by atoms with Crippen molar-refractivity contribution in [3.8, 4) is 22.6 Å². The predicted molar refractivity (Wildman–Crippen MR) is 284 cm³/mol. The highest BCUT2D eigenvalue weighted by molar-refractivity contribution is 7.90. The minimum absolute atomic E-state index is 0.0643. The molecule has 0 spiro atoms. The summed E-state index contributed by atoms with van der Waals surface area (Å²) in [5.74, 6) is -0.633. The Hall–Kier alpha value is -6.18. The molecule has 1 saturated carbocycles. The molecular weight excluding hydrogens is 970 g/mol. The van der Waals surface area contributed by atoms with Crippen LogP contribution in [0.2, 0.25) is 0 Å². The van der Waals surface area contributed by atoms with Crippen molar-refractivity contribution in [1.29, 1.82) is 0 Å². The van der Waals surface area contributed by atoms with Crippen LogP contribution in [0.15, 0.2) is 101 Å². The maximum Gasteiger partial charge on any atom is 0.293 e. The van der Waals surface area contributed by atoms with E-state index in [4.69, 9.17) is 9.47 Å². The van der Waals surface area contributed by atoms with Gasteiger partial charge in [-0.2, -0.15) is 0 Å². The van der Waals surface area contributed by atoms with Crippen molar-refractivity contribution in [2.24, 2.45) is 11.3 Å². The topological polar surface area (TPSA) is 192 Å². The molecule has 1 saturated heterocycles. The molecule has 0 radical (unpaired) electrons. The highest BCUT2D eigenvalue weighted by Gasteiger charge is 2.33. The van der Waals surface area contributed by atoms with Crippen molar-refractivity contribution in [3.05, 3.63) is 128 Å². The lowest BCUT2D eigenvalue weighted by Gasteiger charge is -2.39. The fourth-order valence-corrected chi connectivity index (χ4v) is 12.1. The van der Waals surface area contributed by atoms with Crippen LogP contribution >= 0.6 is 11.3 Å². The number of benzene rings is 3. The smallest absolute Gasteiger partial charge is 0.293 e. The minimum atomic E-state index is -4.61. The number of carbonyl (C=O) groups excluding carboxylic acids is 1. The van der Waals surface area contributed by atoms with Crippen molar-refractivity contribution in [2.75, 3.05) is 56.6 Å². The van der Waals surface area contributed by atoms with Crippen molar-refractivity contribution in [3.63, 3.8) is 0 Å². The third kappa shape index (κ3) is 11.8. The number of halogens is 1. The van der Waals surface area contributed by atoms with Crippen LogP contribution in [0.25, 0.3) is 27.7 Å². The summed E-state index contributed by atoms with van der Waals surface area (Å²) in [4.78, 5) is 38.5. The van der Waals surface area contributed by atoms with Gasteiger partial charge in [-0.3, -0.25) is 19.8 Å². The fraction of sp³-hybridized carbons (Fsp3) is 0.418. The van der Waals surface area contributed by atoms with E-state index in [9.17, 15) is 28.4 Å². The summed E-state index contributed by atoms with van der Waals surface area (Å²) in [6.45, 7) is 14.4. The summed E-state index contributed by atoms with van der Waals surface area (Å²) in [6.07, 6.45) is 8.99. The molecular formula is C55H64FN7O8S2. The van der Waals surface area contributed by atoms with E-state index < -0.39 is 42.6 Å². The normalized spacial score (nSPS) is 19.8. The number of amides is 1.